The Morgan fingerprint density at radius 1 is 1.48 bits per heavy atom. The molecule has 1 amide bonds. The molecule has 6 heteroatoms. The van der Waals surface area contributed by atoms with E-state index in [9.17, 15) is 4.79 Å². The number of hydrogen-bond donors (Lipinski definition) is 2. The number of rotatable bonds is 4. The lowest BCUT2D eigenvalue weighted by molar-refractivity contribution is 0.0528. The van der Waals surface area contributed by atoms with Gasteiger partial charge in [0.2, 0.25) is 0 Å². The number of aromatic nitrogens is 2. The Morgan fingerprint density at radius 3 is 2.95 bits per heavy atom. The molecule has 1 heterocycles. The van der Waals surface area contributed by atoms with Gasteiger partial charge >= 0.3 is 6.09 Å². The van der Waals surface area contributed by atoms with E-state index in [4.69, 9.17) is 4.74 Å². The SMILES string of the molecule is Cn1ncc2c1CCCC2NCCNC(=O)OC(C)(C)C. The number of carbonyl (C=O) groups excluding carboxylic acids is 1. The summed E-state index contributed by atoms with van der Waals surface area (Å²) in [7, 11) is 1.99. The first kappa shape index (κ1) is 15.8. The molecule has 0 fully saturated rings. The molecule has 0 aromatic carbocycles. The van der Waals surface area contributed by atoms with Crippen LogP contribution < -0.4 is 10.6 Å². The van der Waals surface area contributed by atoms with Crippen LogP contribution in [0, 0.1) is 0 Å². The van der Waals surface area contributed by atoms with Crippen molar-refractivity contribution >= 4 is 6.09 Å². The number of aryl methyl sites for hydroxylation is 1. The van der Waals surface area contributed by atoms with E-state index in [1.807, 2.05) is 38.7 Å². The average Bonchev–Trinajstić information content (AvgIpc) is 2.75. The monoisotopic (exact) mass is 294 g/mol. The Kier molecular flexibility index (Phi) is 4.88. The van der Waals surface area contributed by atoms with Crippen molar-refractivity contribution < 1.29 is 9.53 Å². The zero-order chi connectivity index (χ0) is 15.5. The molecular formula is C15H26N4O2. The maximum atomic E-state index is 11.5. The minimum atomic E-state index is -0.453. The Balaban J connectivity index is 1.74. The van der Waals surface area contributed by atoms with Crippen LogP contribution in [0.2, 0.25) is 0 Å². The highest BCUT2D eigenvalue weighted by Gasteiger charge is 2.22. The van der Waals surface area contributed by atoms with E-state index < -0.39 is 5.60 Å². The summed E-state index contributed by atoms with van der Waals surface area (Å²) in [5.41, 5.74) is 2.16. The largest absolute Gasteiger partial charge is 0.444 e. The molecule has 0 saturated heterocycles. The fourth-order valence-electron chi connectivity index (χ4n) is 2.64. The molecule has 0 saturated carbocycles. The van der Waals surface area contributed by atoms with Crippen LogP contribution in [0.15, 0.2) is 6.20 Å². The molecule has 1 atom stereocenters. The Hall–Kier alpha value is -1.56. The molecule has 118 valence electrons. The molecule has 1 aliphatic rings. The second kappa shape index (κ2) is 6.47. The van der Waals surface area contributed by atoms with Gasteiger partial charge in [-0.25, -0.2) is 4.79 Å². The van der Waals surface area contributed by atoms with E-state index in [-0.39, 0.29) is 6.09 Å². The first-order valence-electron chi connectivity index (χ1n) is 7.58. The predicted octanol–water partition coefficient (Wildman–Crippen LogP) is 1.91. The number of amides is 1. The van der Waals surface area contributed by atoms with Gasteiger partial charge in [-0.1, -0.05) is 0 Å². The molecule has 1 aliphatic carbocycles. The van der Waals surface area contributed by atoms with E-state index in [1.165, 1.54) is 17.7 Å². The zero-order valence-corrected chi connectivity index (χ0v) is 13.4. The molecule has 2 rings (SSSR count). The standard InChI is InChI=1S/C15H26N4O2/c1-15(2,3)21-14(20)17-9-8-16-12-6-5-7-13-11(12)10-18-19(13)4/h10,12,16H,5-9H2,1-4H3,(H,17,20). The van der Waals surface area contributed by atoms with E-state index in [0.29, 0.717) is 12.6 Å². The number of fused-ring (bicyclic) bond motifs is 1. The van der Waals surface area contributed by atoms with Crippen LogP contribution >= 0.6 is 0 Å². The second-order valence-electron chi connectivity index (χ2n) is 6.50. The third-order valence-electron chi connectivity index (χ3n) is 3.56. The summed E-state index contributed by atoms with van der Waals surface area (Å²) in [6.07, 6.45) is 4.97. The molecule has 6 nitrogen and oxygen atoms in total. The topological polar surface area (TPSA) is 68.2 Å². The molecule has 1 aromatic rings. The molecule has 21 heavy (non-hydrogen) atoms. The van der Waals surface area contributed by atoms with Crippen LogP contribution in [0.5, 0.6) is 0 Å². The van der Waals surface area contributed by atoms with Gasteiger partial charge in [0.05, 0.1) is 6.20 Å². The minimum Gasteiger partial charge on any atom is -0.444 e. The molecule has 0 aliphatic heterocycles. The smallest absolute Gasteiger partial charge is 0.407 e. The van der Waals surface area contributed by atoms with Gasteiger partial charge in [0.15, 0.2) is 0 Å². The summed E-state index contributed by atoms with van der Waals surface area (Å²) in [6.45, 7) is 6.85. The molecule has 1 unspecified atom stereocenters. The van der Waals surface area contributed by atoms with E-state index in [1.54, 1.807) is 0 Å². The van der Waals surface area contributed by atoms with Crippen molar-refractivity contribution in [1.29, 1.82) is 0 Å². The van der Waals surface area contributed by atoms with Gasteiger partial charge in [-0.15, -0.1) is 0 Å². The highest BCUT2D eigenvalue weighted by molar-refractivity contribution is 5.67. The third-order valence-corrected chi connectivity index (χ3v) is 3.56. The second-order valence-corrected chi connectivity index (χ2v) is 6.50. The highest BCUT2D eigenvalue weighted by Crippen LogP contribution is 2.28. The van der Waals surface area contributed by atoms with Gasteiger partial charge in [0.25, 0.3) is 0 Å². The van der Waals surface area contributed by atoms with Crippen molar-refractivity contribution in [1.82, 2.24) is 20.4 Å². The van der Waals surface area contributed by atoms with Crippen LogP contribution in [-0.2, 0) is 18.2 Å². The third kappa shape index (κ3) is 4.46. The van der Waals surface area contributed by atoms with Crippen molar-refractivity contribution in [3.05, 3.63) is 17.5 Å². The van der Waals surface area contributed by atoms with Crippen molar-refractivity contribution in [2.75, 3.05) is 13.1 Å². The summed E-state index contributed by atoms with van der Waals surface area (Å²) in [5.74, 6) is 0. The normalized spacial score (nSPS) is 18.2. The molecule has 1 aromatic heterocycles. The fourth-order valence-corrected chi connectivity index (χ4v) is 2.64. The van der Waals surface area contributed by atoms with E-state index in [2.05, 4.69) is 15.7 Å². The van der Waals surface area contributed by atoms with Crippen LogP contribution in [0.4, 0.5) is 4.79 Å². The van der Waals surface area contributed by atoms with Crippen molar-refractivity contribution in [3.8, 4) is 0 Å². The van der Waals surface area contributed by atoms with Crippen molar-refractivity contribution in [3.63, 3.8) is 0 Å². The van der Waals surface area contributed by atoms with Gasteiger partial charge in [0, 0.05) is 37.4 Å². The highest BCUT2D eigenvalue weighted by atomic mass is 16.6. The van der Waals surface area contributed by atoms with Gasteiger partial charge in [-0.05, 0) is 40.0 Å². The molecule has 0 spiro atoms. The quantitative estimate of drug-likeness (QED) is 0.832. The maximum Gasteiger partial charge on any atom is 0.407 e. The summed E-state index contributed by atoms with van der Waals surface area (Å²) >= 11 is 0. The van der Waals surface area contributed by atoms with Gasteiger partial charge in [0.1, 0.15) is 5.60 Å². The Bertz CT molecular complexity index is 490. The first-order chi connectivity index (χ1) is 9.87. The summed E-state index contributed by atoms with van der Waals surface area (Å²) in [6, 6.07) is 0.336. The predicted molar refractivity (Wildman–Crippen MR) is 81.1 cm³/mol. The van der Waals surface area contributed by atoms with Crippen LogP contribution in [0.1, 0.15) is 50.9 Å². The van der Waals surface area contributed by atoms with Gasteiger partial charge < -0.3 is 15.4 Å². The number of nitrogens with zero attached hydrogens (tertiary/aromatic N) is 2. The lowest BCUT2D eigenvalue weighted by Gasteiger charge is -2.24. The lowest BCUT2D eigenvalue weighted by Crippen LogP contribution is -2.37. The summed E-state index contributed by atoms with van der Waals surface area (Å²) in [5, 5.41) is 10.6. The maximum absolute atomic E-state index is 11.5. The zero-order valence-electron chi connectivity index (χ0n) is 13.4. The molecule has 2 N–H and O–H groups in total. The van der Waals surface area contributed by atoms with Gasteiger partial charge in [-0.2, -0.15) is 5.10 Å². The van der Waals surface area contributed by atoms with Crippen LogP contribution in [0.3, 0.4) is 0 Å². The Labute approximate surface area is 126 Å². The minimum absolute atomic E-state index is 0.336. The van der Waals surface area contributed by atoms with Gasteiger partial charge in [-0.3, -0.25) is 4.68 Å². The average molecular weight is 294 g/mol. The number of hydrogen-bond acceptors (Lipinski definition) is 4. The van der Waals surface area contributed by atoms with Crippen LogP contribution in [-0.4, -0.2) is 34.6 Å². The first-order valence-corrected chi connectivity index (χ1v) is 7.58. The van der Waals surface area contributed by atoms with E-state index in [0.717, 1.165) is 19.4 Å². The lowest BCUT2D eigenvalue weighted by atomic mass is 9.93. The molecular weight excluding hydrogens is 268 g/mol. The van der Waals surface area contributed by atoms with Crippen LogP contribution in [0.25, 0.3) is 0 Å². The Morgan fingerprint density at radius 2 is 2.24 bits per heavy atom. The van der Waals surface area contributed by atoms with E-state index >= 15 is 0 Å². The molecule has 0 radical (unpaired) electrons. The number of alkyl carbamates (subject to hydrolysis) is 1. The van der Waals surface area contributed by atoms with Crippen molar-refractivity contribution in [2.24, 2.45) is 7.05 Å². The molecule has 0 bridgehead atoms. The number of carbonyl (C=O) groups is 1. The summed E-state index contributed by atoms with van der Waals surface area (Å²) < 4.78 is 7.16. The van der Waals surface area contributed by atoms with Crippen molar-refractivity contribution in [2.45, 2.75) is 51.7 Å². The summed E-state index contributed by atoms with van der Waals surface area (Å²) in [4.78, 5) is 11.5. The fraction of sp³-hybridized carbons (Fsp3) is 0.733. The number of ether oxygens (including phenoxy) is 1. The number of nitrogens with one attached hydrogen (secondary N) is 2.